The van der Waals surface area contributed by atoms with Gasteiger partial charge in [0.1, 0.15) is 0 Å². The summed E-state index contributed by atoms with van der Waals surface area (Å²) in [4.78, 5) is 17.8. The van der Waals surface area contributed by atoms with Gasteiger partial charge in [0.25, 0.3) is 5.91 Å². The molecule has 0 saturated heterocycles. The first-order valence-corrected chi connectivity index (χ1v) is 12.0. The highest BCUT2D eigenvalue weighted by Crippen LogP contribution is 2.40. The SMILES string of the molecule is CN(C)S(=O)(=O)c1cccc(C(=O)N2CCc3sccc3[C@@H]2c2cccs2)c1. The molecule has 0 aliphatic carbocycles. The van der Waals surface area contributed by atoms with E-state index in [1.807, 2.05) is 16.3 Å². The Bertz CT molecular complexity index is 1100. The van der Waals surface area contributed by atoms with E-state index in [0.717, 1.165) is 15.6 Å². The van der Waals surface area contributed by atoms with Gasteiger partial charge in [0, 0.05) is 36.0 Å². The van der Waals surface area contributed by atoms with Gasteiger partial charge in [0.15, 0.2) is 0 Å². The molecule has 0 N–H and O–H groups in total. The zero-order valence-electron chi connectivity index (χ0n) is 15.5. The highest BCUT2D eigenvalue weighted by Gasteiger charge is 2.34. The molecule has 1 amide bonds. The lowest BCUT2D eigenvalue weighted by molar-refractivity contribution is 0.0698. The van der Waals surface area contributed by atoms with E-state index >= 15 is 0 Å². The van der Waals surface area contributed by atoms with Crippen molar-refractivity contribution in [3.05, 3.63) is 74.1 Å². The van der Waals surface area contributed by atoms with Crippen LogP contribution in [0.3, 0.4) is 0 Å². The Hall–Kier alpha value is -2.00. The fourth-order valence-corrected chi connectivity index (χ4v) is 6.16. The monoisotopic (exact) mass is 432 g/mol. The molecular formula is C20H20N2O3S3. The molecule has 0 radical (unpaired) electrons. The van der Waals surface area contributed by atoms with Gasteiger partial charge in [-0.25, -0.2) is 12.7 Å². The summed E-state index contributed by atoms with van der Waals surface area (Å²) in [5.74, 6) is -0.147. The van der Waals surface area contributed by atoms with Crippen LogP contribution in [0.15, 0.2) is 58.1 Å². The maximum Gasteiger partial charge on any atom is 0.254 e. The molecule has 2 aromatic heterocycles. The zero-order valence-corrected chi connectivity index (χ0v) is 18.0. The second kappa shape index (κ2) is 7.44. The number of benzene rings is 1. The Labute approximate surface area is 172 Å². The van der Waals surface area contributed by atoms with Crippen LogP contribution < -0.4 is 0 Å². The van der Waals surface area contributed by atoms with Crippen LogP contribution in [0.1, 0.15) is 31.7 Å². The molecule has 3 aromatic rings. The third kappa shape index (κ3) is 3.30. The van der Waals surface area contributed by atoms with Crippen molar-refractivity contribution in [3.63, 3.8) is 0 Å². The first kappa shape index (κ1) is 19.3. The summed E-state index contributed by atoms with van der Waals surface area (Å²) in [5, 5.41) is 4.09. The molecule has 1 atom stereocenters. The lowest BCUT2D eigenvalue weighted by atomic mass is 9.97. The lowest BCUT2D eigenvalue weighted by Crippen LogP contribution is -2.39. The van der Waals surface area contributed by atoms with Crippen molar-refractivity contribution in [2.75, 3.05) is 20.6 Å². The molecule has 146 valence electrons. The predicted molar refractivity (Wildman–Crippen MR) is 113 cm³/mol. The number of hydrogen-bond donors (Lipinski definition) is 0. The van der Waals surface area contributed by atoms with E-state index in [1.54, 1.807) is 34.8 Å². The van der Waals surface area contributed by atoms with Gasteiger partial charge < -0.3 is 4.90 Å². The van der Waals surface area contributed by atoms with Gasteiger partial charge in [-0.3, -0.25) is 4.79 Å². The van der Waals surface area contributed by atoms with Gasteiger partial charge in [-0.05, 0) is 53.1 Å². The molecule has 3 heterocycles. The van der Waals surface area contributed by atoms with Gasteiger partial charge in [-0.2, -0.15) is 0 Å². The maximum absolute atomic E-state index is 13.4. The number of nitrogens with zero attached hydrogens (tertiary/aromatic N) is 2. The smallest absolute Gasteiger partial charge is 0.254 e. The molecule has 0 fully saturated rings. The van der Waals surface area contributed by atoms with E-state index in [-0.39, 0.29) is 16.8 Å². The molecule has 8 heteroatoms. The van der Waals surface area contributed by atoms with E-state index in [1.165, 1.54) is 36.7 Å². The molecule has 1 aliphatic rings. The second-order valence-corrected chi connectivity index (χ2v) is 10.9. The Morgan fingerprint density at radius 3 is 2.64 bits per heavy atom. The Kier molecular flexibility index (Phi) is 5.13. The zero-order chi connectivity index (χ0) is 19.9. The van der Waals surface area contributed by atoms with E-state index in [0.29, 0.717) is 12.1 Å². The molecule has 0 unspecified atom stereocenters. The van der Waals surface area contributed by atoms with Crippen molar-refractivity contribution in [3.8, 4) is 0 Å². The van der Waals surface area contributed by atoms with Crippen molar-refractivity contribution >= 4 is 38.6 Å². The number of carbonyl (C=O) groups is 1. The molecular weight excluding hydrogens is 412 g/mol. The van der Waals surface area contributed by atoms with E-state index in [9.17, 15) is 13.2 Å². The summed E-state index contributed by atoms with van der Waals surface area (Å²) in [5.41, 5.74) is 1.56. The summed E-state index contributed by atoms with van der Waals surface area (Å²) < 4.78 is 26.1. The van der Waals surface area contributed by atoms with Crippen LogP contribution in [0.25, 0.3) is 0 Å². The average Bonchev–Trinajstić information content (AvgIpc) is 3.38. The van der Waals surface area contributed by atoms with Crippen LogP contribution in [-0.4, -0.2) is 44.2 Å². The number of hydrogen-bond acceptors (Lipinski definition) is 5. The van der Waals surface area contributed by atoms with Crippen LogP contribution in [0.4, 0.5) is 0 Å². The highest BCUT2D eigenvalue weighted by atomic mass is 32.2. The van der Waals surface area contributed by atoms with Crippen molar-refractivity contribution in [1.29, 1.82) is 0 Å². The Balaban J connectivity index is 1.74. The minimum atomic E-state index is -3.59. The number of thiophene rings is 2. The molecule has 0 bridgehead atoms. The molecule has 0 saturated carbocycles. The van der Waals surface area contributed by atoms with Crippen molar-refractivity contribution < 1.29 is 13.2 Å². The van der Waals surface area contributed by atoms with Crippen LogP contribution >= 0.6 is 22.7 Å². The van der Waals surface area contributed by atoms with E-state index < -0.39 is 10.0 Å². The predicted octanol–water partition coefficient (Wildman–Crippen LogP) is 3.85. The standard InChI is InChI=1S/C20H20N2O3S3/c1-21(2)28(24,25)15-6-3-5-14(13-15)20(23)22-10-8-17-16(9-12-27-17)19(22)18-7-4-11-26-18/h3-7,9,11-13,19H,8,10H2,1-2H3/t19-/m1/s1. The molecule has 4 rings (SSSR count). The summed E-state index contributed by atoms with van der Waals surface area (Å²) in [6.07, 6.45) is 0.816. The van der Waals surface area contributed by atoms with Gasteiger partial charge in [0.2, 0.25) is 10.0 Å². The van der Waals surface area contributed by atoms with Gasteiger partial charge in [0.05, 0.1) is 10.9 Å². The topological polar surface area (TPSA) is 57.7 Å². The van der Waals surface area contributed by atoms with E-state index in [4.69, 9.17) is 0 Å². The number of sulfonamides is 1. The average molecular weight is 433 g/mol. The molecule has 1 aliphatic heterocycles. The summed E-state index contributed by atoms with van der Waals surface area (Å²) in [7, 11) is -0.623. The fraction of sp³-hybridized carbons (Fsp3) is 0.250. The first-order valence-electron chi connectivity index (χ1n) is 8.83. The number of fused-ring (bicyclic) bond motifs is 1. The Morgan fingerprint density at radius 2 is 1.93 bits per heavy atom. The largest absolute Gasteiger partial charge is 0.326 e. The van der Waals surface area contributed by atoms with Crippen LogP contribution in [-0.2, 0) is 16.4 Å². The third-order valence-corrected chi connectivity index (χ3v) is 8.63. The first-order chi connectivity index (χ1) is 13.4. The quantitative estimate of drug-likeness (QED) is 0.629. The van der Waals surface area contributed by atoms with Crippen molar-refractivity contribution in [1.82, 2.24) is 9.21 Å². The van der Waals surface area contributed by atoms with Gasteiger partial charge in [-0.1, -0.05) is 12.1 Å². The number of carbonyl (C=O) groups excluding carboxylic acids is 1. The number of rotatable bonds is 4. The Morgan fingerprint density at radius 1 is 1.11 bits per heavy atom. The normalized spacial score (nSPS) is 17.0. The van der Waals surface area contributed by atoms with Crippen LogP contribution in [0, 0.1) is 0 Å². The van der Waals surface area contributed by atoms with Crippen LogP contribution in [0.2, 0.25) is 0 Å². The van der Waals surface area contributed by atoms with Crippen molar-refractivity contribution in [2.24, 2.45) is 0 Å². The summed E-state index contributed by atoms with van der Waals surface area (Å²) in [6.45, 7) is 0.611. The number of amides is 1. The molecule has 5 nitrogen and oxygen atoms in total. The van der Waals surface area contributed by atoms with E-state index in [2.05, 4.69) is 17.5 Å². The van der Waals surface area contributed by atoms with Gasteiger partial charge >= 0.3 is 0 Å². The highest BCUT2D eigenvalue weighted by molar-refractivity contribution is 7.89. The fourth-order valence-electron chi connectivity index (χ4n) is 3.46. The second-order valence-electron chi connectivity index (χ2n) is 6.78. The summed E-state index contributed by atoms with van der Waals surface area (Å²) >= 11 is 3.36. The summed E-state index contributed by atoms with van der Waals surface area (Å²) in [6, 6.07) is 12.3. The van der Waals surface area contributed by atoms with Gasteiger partial charge in [-0.15, -0.1) is 22.7 Å². The van der Waals surface area contributed by atoms with Crippen LogP contribution in [0.5, 0.6) is 0 Å². The van der Waals surface area contributed by atoms with Crippen molar-refractivity contribution in [2.45, 2.75) is 17.4 Å². The minimum Gasteiger partial charge on any atom is -0.326 e. The molecule has 28 heavy (non-hydrogen) atoms. The maximum atomic E-state index is 13.4. The third-order valence-electron chi connectivity index (χ3n) is 4.90. The molecule has 0 spiro atoms. The minimum absolute atomic E-state index is 0.128. The molecule has 1 aromatic carbocycles. The lowest BCUT2D eigenvalue weighted by Gasteiger charge is -2.35.